The molecule has 0 radical (unpaired) electrons. The molecule has 0 saturated carbocycles. The summed E-state index contributed by atoms with van der Waals surface area (Å²) in [7, 11) is 0. The number of nitrogens with zero attached hydrogens (tertiary/aromatic N) is 1. The van der Waals surface area contributed by atoms with E-state index in [0.29, 0.717) is 0 Å². The quantitative estimate of drug-likeness (QED) is 0.656. The predicted molar refractivity (Wildman–Crippen MR) is 83.5 cm³/mol. The van der Waals surface area contributed by atoms with Crippen LogP contribution in [0.25, 0.3) is 0 Å². The molecule has 19 heavy (non-hydrogen) atoms. The molecule has 0 saturated heterocycles. The van der Waals surface area contributed by atoms with Gasteiger partial charge in [-0.05, 0) is 49.2 Å². The maximum absolute atomic E-state index is 5.88. The monoisotopic (exact) mass is 291 g/mol. The van der Waals surface area contributed by atoms with Crippen LogP contribution in [0, 0.1) is 0 Å². The summed E-state index contributed by atoms with van der Waals surface area (Å²) in [4.78, 5) is 4.71. The molecule has 2 aromatic carbocycles. The maximum atomic E-state index is 5.88. The molecule has 3 heteroatoms. The largest absolute Gasteiger partial charge is 0.282 e. The van der Waals surface area contributed by atoms with E-state index in [9.17, 15) is 0 Å². The summed E-state index contributed by atoms with van der Waals surface area (Å²) >= 11 is 11.8. The van der Waals surface area contributed by atoms with Crippen molar-refractivity contribution in [1.29, 1.82) is 0 Å². The SMILES string of the molecule is CC(=NC(C)c1ccc(Cl)cc1)c1ccc(Cl)cc1. The van der Waals surface area contributed by atoms with Gasteiger partial charge in [0.1, 0.15) is 0 Å². The van der Waals surface area contributed by atoms with E-state index in [1.807, 2.05) is 55.5 Å². The van der Waals surface area contributed by atoms with Crippen molar-refractivity contribution in [2.45, 2.75) is 19.9 Å². The first-order chi connectivity index (χ1) is 9.06. The average molecular weight is 292 g/mol. The molecule has 1 nitrogen and oxygen atoms in total. The highest BCUT2D eigenvalue weighted by atomic mass is 35.5. The van der Waals surface area contributed by atoms with Gasteiger partial charge in [0.2, 0.25) is 0 Å². The predicted octanol–water partition coefficient (Wildman–Crippen LogP) is 5.56. The molecule has 2 rings (SSSR count). The zero-order valence-corrected chi connectivity index (χ0v) is 12.4. The fraction of sp³-hybridized carbons (Fsp3) is 0.188. The Kier molecular flexibility index (Phi) is 4.62. The fourth-order valence-electron chi connectivity index (χ4n) is 1.87. The van der Waals surface area contributed by atoms with E-state index in [0.717, 1.165) is 26.9 Å². The summed E-state index contributed by atoms with van der Waals surface area (Å²) in [5.41, 5.74) is 3.24. The van der Waals surface area contributed by atoms with Crippen molar-refractivity contribution in [3.8, 4) is 0 Å². The lowest BCUT2D eigenvalue weighted by atomic mass is 10.1. The van der Waals surface area contributed by atoms with E-state index in [2.05, 4.69) is 6.92 Å². The molecular formula is C16H15Cl2N. The summed E-state index contributed by atoms with van der Waals surface area (Å²) < 4.78 is 0. The lowest BCUT2D eigenvalue weighted by Gasteiger charge is -2.09. The Morgan fingerprint density at radius 2 is 1.37 bits per heavy atom. The third kappa shape index (κ3) is 3.82. The normalized spacial score (nSPS) is 13.4. The molecule has 98 valence electrons. The van der Waals surface area contributed by atoms with Gasteiger partial charge in [0.15, 0.2) is 0 Å². The second-order valence-electron chi connectivity index (χ2n) is 4.45. The molecular weight excluding hydrogens is 277 g/mol. The van der Waals surface area contributed by atoms with Gasteiger partial charge in [-0.3, -0.25) is 4.99 Å². The Balaban J connectivity index is 2.20. The molecule has 0 bridgehead atoms. The topological polar surface area (TPSA) is 12.4 Å². The zero-order valence-electron chi connectivity index (χ0n) is 10.9. The highest BCUT2D eigenvalue weighted by molar-refractivity contribution is 6.30. The van der Waals surface area contributed by atoms with Crippen molar-refractivity contribution in [3.63, 3.8) is 0 Å². The van der Waals surface area contributed by atoms with E-state index in [1.165, 1.54) is 0 Å². The lowest BCUT2D eigenvalue weighted by Crippen LogP contribution is -1.98. The minimum absolute atomic E-state index is 0.105. The second-order valence-corrected chi connectivity index (χ2v) is 5.32. The molecule has 0 aromatic heterocycles. The lowest BCUT2D eigenvalue weighted by molar-refractivity contribution is 0.820. The third-order valence-electron chi connectivity index (χ3n) is 3.00. The van der Waals surface area contributed by atoms with Crippen LogP contribution < -0.4 is 0 Å². The van der Waals surface area contributed by atoms with E-state index in [1.54, 1.807) is 0 Å². The number of rotatable bonds is 3. The van der Waals surface area contributed by atoms with Gasteiger partial charge in [-0.2, -0.15) is 0 Å². The Labute approximate surface area is 123 Å². The van der Waals surface area contributed by atoms with Gasteiger partial charge < -0.3 is 0 Å². The molecule has 0 spiro atoms. The fourth-order valence-corrected chi connectivity index (χ4v) is 2.12. The third-order valence-corrected chi connectivity index (χ3v) is 3.51. The Morgan fingerprint density at radius 1 is 0.895 bits per heavy atom. The molecule has 0 aliphatic carbocycles. The molecule has 2 aromatic rings. The van der Waals surface area contributed by atoms with Gasteiger partial charge in [0.25, 0.3) is 0 Å². The number of benzene rings is 2. The number of aliphatic imine (C=N–C) groups is 1. The smallest absolute Gasteiger partial charge is 0.0724 e. The van der Waals surface area contributed by atoms with Crippen LogP contribution in [0.4, 0.5) is 0 Å². The van der Waals surface area contributed by atoms with Crippen molar-refractivity contribution < 1.29 is 0 Å². The molecule has 0 heterocycles. The van der Waals surface area contributed by atoms with Crippen molar-refractivity contribution in [2.75, 3.05) is 0 Å². The van der Waals surface area contributed by atoms with Gasteiger partial charge in [0, 0.05) is 15.8 Å². The van der Waals surface area contributed by atoms with Crippen molar-refractivity contribution in [3.05, 3.63) is 69.7 Å². The van der Waals surface area contributed by atoms with Gasteiger partial charge in [-0.1, -0.05) is 47.5 Å². The summed E-state index contributed by atoms with van der Waals surface area (Å²) in [6, 6.07) is 15.6. The summed E-state index contributed by atoms with van der Waals surface area (Å²) in [5.74, 6) is 0. The van der Waals surface area contributed by atoms with Crippen LogP contribution in [0.3, 0.4) is 0 Å². The van der Waals surface area contributed by atoms with Gasteiger partial charge in [0.05, 0.1) is 6.04 Å². The van der Waals surface area contributed by atoms with Crippen LogP contribution in [-0.4, -0.2) is 5.71 Å². The molecule has 0 amide bonds. The highest BCUT2D eigenvalue weighted by Gasteiger charge is 2.05. The first kappa shape index (κ1) is 14.1. The van der Waals surface area contributed by atoms with E-state index < -0.39 is 0 Å². The number of hydrogen-bond donors (Lipinski definition) is 0. The van der Waals surface area contributed by atoms with Crippen molar-refractivity contribution >= 4 is 28.9 Å². The summed E-state index contributed by atoms with van der Waals surface area (Å²) in [6.45, 7) is 4.08. The first-order valence-corrected chi connectivity index (χ1v) is 6.87. The van der Waals surface area contributed by atoms with Crippen molar-refractivity contribution in [2.24, 2.45) is 4.99 Å². The molecule has 0 aliphatic heterocycles. The van der Waals surface area contributed by atoms with Crippen LogP contribution in [-0.2, 0) is 0 Å². The van der Waals surface area contributed by atoms with Crippen LogP contribution in [0.5, 0.6) is 0 Å². The molecule has 0 fully saturated rings. The zero-order chi connectivity index (χ0) is 13.8. The van der Waals surface area contributed by atoms with E-state index in [4.69, 9.17) is 28.2 Å². The standard InChI is InChI=1S/C16H15Cl2N/c1-11(13-3-7-15(17)8-4-13)19-12(2)14-5-9-16(18)10-6-14/h3-11H,1-2H3. The molecule has 1 atom stereocenters. The average Bonchev–Trinajstić information content (AvgIpc) is 2.40. The molecule has 1 unspecified atom stereocenters. The van der Waals surface area contributed by atoms with Crippen molar-refractivity contribution in [1.82, 2.24) is 0 Å². The Bertz CT molecular complexity index is 571. The molecule has 0 aliphatic rings. The maximum Gasteiger partial charge on any atom is 0.0724 e. The van der Waals surface area contributed by atoms with Gasteiger partial charge in [-0.15, -0.1) is 0 Å². The summed E-state index contributed by atoms with van der Waals surface area (Å²) in [6.07, 6.45) is 0. The second kappa shape index (κ2) is 6.23. The highest BCUT2D eigenvalue weighted by Crippen LogP contribution is 2.20. The number of hydrogen-bond acceptors (Lipinski definition) is 1. The minimum atomic E-state index is 0.105. The van der Waals surface area contributed by atoms with E-state index >= 15 is 0 Å². The van der Waals surface area contributed by atoms with E-state index in [-0.39, 0.29) is 6.04 Å². The van der Waals surface area contributed by atoms with Crippen LogP contribution >= 0.6 is 23.2 Å². The Morgan fingerprint density at radius 3 is 1.89 bits per heavy atom. The van der Waals surface area contributed by atoms with Crippen LogP contribution in [0.1, 0.15) is 31.0 Å². The van der Waals surface area contributed by atoms with Crippen LogP contribution in [0.2, 0.25) is 10.0 Å². The summed E-state index contributed by atoms with van der Waals surface area (Å²) in [5, 5.41) is 1.48. The number of halogens is 2. The van der Waals surface area contributed by atoms with Gasteiger partial charge >= 0.3 is 0 Å². The first-order valence-electron chi connectivity index (χ1n) is 6.12. The Hall–Kier alpha value is -1.31. The molecule has 0 N–H and O–H groups in total. The van der Waals surface area contributed by atoms with Crippen LogP contribution in [0.15, 0.2) is 53.5 Å². The van der Waals surface area contributed by atoms with Gasteiger partial charge in [-0.25, -0.2) is 0 Å². The minimum Gasteiger partial charge on any atom is -0.282 e.